The van der Waals surface area contributed by atoms with Crippen LogP contribution in [-0.4, -0.2) is 116 Å². The summed E-state index contributed by atoms with van der Waals surface area (Å²) in [5.74, 6) is -7.22. The molecule has 0 saturated carbocycles. The molecule has 16 nitrogen and oxygen atoms in total. The summed E-state index contributed by atoms with van der Waals surface area (Å²) in [6, 6.07) is 0. The standard InChI is InChI=1S/C44H64BO16/c1-23-17-19-35-41(7,8)33(52-27(5)46)15-11-13-30-22-32(26(4)51-30)55-40(49)38-44-24(2)18-20-36(57-44)42(9,10)34(53-28(6)47)16-12-14-29-21-31(25(3)50-29)54-39(48)37-43(23,56-35)60-45(58-37,59-38)61-44/h11-14,23-26,29-38H,15-22H2,1-10H3/q-1/b13-11+,14-12+/t23-,24-,25-,26-,29-,30-,31+,32+,33-,34-,35+,36+,37+,38+,43+,44+,45?/m1/s1. The molecule has 0 unspecified atom stereocenters. The molecule has 3 spiro atoms. The van der Waals surface area contributed by atoms with Gasteiger partial charge in [-0.3, -0.25) is 9.59 Å². The summed E-state index contributed by atoms with van der Waals surface area (Å²) in [6.45, 7) is 14.5. The highest BCUT2D eigenvalue weighted by atomic mass is 17.0. The Morgan fingerprint density at radius 1 is 0.639 bits per heavy atom. The summed E-state index contributed by atoms with van der Waals surface area (Å²) in [7, 11) is 0. The van der Waals surface area contributed by atoms with E-state index in [1.165, 1.54) is 13.8 Å². The third-order valence-electron chi connectivity index (χ3n) is 14.8. The lowest BCUT2D eigenvalue weighted by Gasteiger charge is -2.53. The van der Waals surface area contributed by atoms with Gasteiger partial charge < -0.3 is 56.5 Å². The average Bonchev–Trinajstić information content (AvgIpc) is 3.90. The van der Waals surface area contributed by atoms with Crippen LogP contribution in [0.5, 0.6) is 0 Å². The second-order valence-corrected chi connectivity index (χ2v) is 19.8. The molecule has 0 radical (unpaired) electrons. The van der Waals surface area contributed by atoms with Crippen molar-refractivity contribution >= 4 is 30.8 Å². The van der Waals surface area contributed by atoms with Crippen LogP contribution in [0, 0.1) is 22.7 Å². The molecule has 0 aromatic rings. The SMILES string of the molecule is CC(=O)O[C@@H]1C/C=C/[C@@H]2C[C@H](OC(=O)[C@@H]3O[B-]45O[C@@H](C(=O)O[C@H]6C[C@@H](/C=C/C[C@@H](OC(C)=O)C(C)(C)[C@@H]7CC[C@@H](C)[C@]3(O7)O4)O[C@@H]6C)[C@@]3(O[C@@H](CC[C@H]3C)C1(C)C)O5)[C@@H](C)O2. The fraction of sp³-hybridized carbons (Fsp3) is 0.818. The van der Waals surface area contributed by atoms with Crippen molar-refractivity contribution in [2.24, 2.45) is 22.7 Å². The van der Waals surface area contributed by atoms with Crippen LogP contribution in [0.3, 0.4) is 0 Å². The number of ether oxygens (including phenoxy) is 8. The molecule has 0 aromatic heterocycles. The van der Waals surface area contributed by atoms with Crippen LogP contribution in [-0.2, 0) is 75.7 Å². The molecule has 61 heavy (non-hydrogen) atoms. The van der Waals surface area contributed by atoms with Gasteiger partial charge in [-0.1, -0.05) is 65.8 Å². The van der Waals surface area contributed by atoms with Crippen LogP contribution in [0.25, 0.3) is 0 Å². The van der Waals surface area contributed by atoms with Gasteiger partial charge in [-0.05, 0) is 39.5 Å². The minimum Gasteiger partial charge on any atom is -0.504 e. The van der Waals surface area contributed by atoms with E-state index < -0.39 is 138 Å². The number of fused-ring (bicyclic) bond motifs is 8. The Bertz CT molecular complexity index is 1660. The van der Waals surface area contributed by atoms with E-state index in [0.717, 1.165) is 0 Å². The molecule has 8 aliphatic heterocycles. The van der Waals surface area contributed by atoms with Crippen LogP contribution in [0.4, 0.5) is 0 Å². The van der Waals surface area contributed by atoms with E-state index in [9.17, 15) is 19.2 Å². The number of carbonyl (C=O) groups is 4. The van der Waals surface area contributed by atoms with Crippen molar-refractivity contribution in [3.8, 4) is 0 Å². The van der Waals surface area contributed by atoms with Crippen molar-refractivity contribution in [3.63, 3.8) is 0 Å². The molecule has 8 heterocycles. The molecule has 0 aliphatic carbocycles. The Balaban J connectivity index is 1.28. The van der Waals surface area contributed by atoms with Crippen molar-refractivity contribution < 1.29 is 75.7 Å². The van der Waals surface area contributed by atoms with Crippen molar-refractivity contribution in [2.45, 2.75) is 205 Å². The van der Waals surface area contributed by atoms with Crippen LogP contribution in [0.1, 0.15) is 121 Å². The molecule has 16 atom stereocenters. The Kier molecular flexibility index (Phi) is 11.9. The lowest BCUT2D eigenvalue weighted by molar-refractivity contribution is -0.311. The second kappa shape index (κ2) is 16.3. The largest absolute Gasteiger partial charge is 0.536 e. The Morgan fingerprint density at radius 2 is 1.03 bits per heavy atom. The Labute approximate surface area is 358 Å². The molecule has 8 rings (SSSR count). The maximum Gasteiger partial charge on any atom is 0.536 e. The molecule has 17 heteroatoms. The third-order valence-corrected chi connectivity index (χ3v) is 14.8. The van der Waals surface area contributed by atoms with Gasteiger partial charge in [0.05, 0.1) is 36.6 Å². The first-order chi connectivity index (χ1) is 28.7. The predicted molar refractivity (Wildman–Crippen MR) is 214 cm³/mol. The first kappa shape index (κ1) is 44.7. The number of rotatable bonds is 2. The monoisotopic (exact) mass is 859 g/mol. The summed E-state index contributed by atoms with van der Waals surface area (Å²) in [5.41, 5.74) is -1.69. The molecule has 11 bridgehead atoms. The van der Waals surface area contributed by atoms with Gasteiger partial charge in [0.2, 0.25) is 0 Å². The number of carbonyl (C=O) groups excluding carboxylic acids is 4. The molecule has 0 amide bonds. The van der Waals surface area contributed by atoms with Gasteiger partial charge in [0.25, 0.3) is 0 Å². The summed E-state index contributed by atoms with van der Waals surface area (Å²) in [6.07, 6.45) is 2.18. The number of hydrogen-bond donors (Lipinski definition) is 0. The predicted octanol–water partition coefficient (Wildman–Crippen LogP) is 5.29. The molecule has 6 saturated heterocycles. The fourth-order valence-corrected chi connectivity index (χ4v) is 10.8. The summed E-state index contributed by atoms with van der Waals surface area (Å²) in [5, 5.41) is 0. The van der Waals surface area contributed by atoms with E-state index in [-0.39, 0.29) is 0 Å². The highest BCUT2D eigenvalue weighted by molar-refractivity contribution is 6.56. The maximum atomic E-state index is 14.8. The smallest absolute Gasteiger partial charge is 0.504 e. The lowest BCUT2D eigenvalue weighted by atomic mass is 9.73. The third kappa shape index (κ3) is 8.01. The zero-order chi connectivity index (χ0) is 43.9. The topological polar surface area (TPSA) is 179 Å². The van der Waals surface area contributed by atoms with Gasteiger partial charge >= 0.3 is 30.8 Å². The highest BCUT2D eigenvalue weighted by Crippen LogP contribution is 2.57. The second-order valence-electron chi connectivity index (χ2n) is 19.8. The number of hydrogen-bond acceptors (Lipinski definition) is 16. The first-order valence-corrected chi connectivity index (χ1v) is 22.3. The summed E-state index contributed by atoms with van der Waals surface area (Å²) >= 11 is 0. The van der Waals surface area contributed by atoms with Crippen molar-refractivity contribution in [2.75, 3.05) is 0 Å². The lowest BCUT2D eigenvalue weighted by Crippen LogP contribution is -2.61. The molecule has 8 aliphatic rings. The Hall–Kier alpha value is -2.90. The first-order valence-electron chi connectivity index (χ1n) is 22.3. The van der Waals surface area contributed by atoms with Gasteiger partial charge in [-0.2, -0.15) is 0 Å². The minimum atomic E-state index is -3.50. The van der Waals surface area contributed by atoms with E-state index in [1.54, 1.807) is 0 Å². The minimum absolute atomic E-state index is 0.335. The van der Waals surface area contributed by atoms with Gasteiger partial charge in [0.15, 0.2) is 23.8 Å². The summed E-state index contributed by atoms with van der Waals surface area (Å²) in [4.78, 5) is 54.9. The van der Waals surface area contributed by atoms with Gasteiger partial charge in [0.1, 0.15) is 24.4 Å². The zero-order valence-electron chi connectivity index (χ0n) is 37.2. The average molecular weight is 860 g/mol. The normalized spacial score (nSPS) is 49.0. The zero-order valence-corrected chi connectivity index (χ0v) is 37.2. The molecule has 6 fully saturated rings. The quantitative estimate of drug-likeness (QED) is 0.151. The van der Waals surface area contributed by atoms with Crippen molar-refractivity contribution in [1.82, 2.24) is 0 Å². The van der Waals surface area contributed by atoms with Crippen LogP contribution in [0.15, 0.2) is 24.3 Å². The van der Waals surface area contributed by atoms with Crippen LogP contribution in [0.2, 0.25) is 0 Å². The van der Waals surface area contributed by atoms with Crippen LogP contribution >= 0.6 is 0 Å². The van der Waals surface area contributed by atoms with Crippen molar-refractivity contribution in [1.29, 1.82) is 0 Å². The van der Waals surface area contributed by atoms with Crippen molar-refractivity contribution in [3.05, 3.63) is 24.3 Å². The molecular formula is C44H64BO16-. The highest BCUT2D eigenvalue weighted by Gasteiger charge is 2.73. The van der Waals surface area contributed by atoms with Gasteiger partial charge in [0, 0.05) is 62.2 Å². The molecule has 0 N–H and O–H groups in total. The van der Waals surface area contributed by atoms with Crippen LogP contribution < -0.4 is 0 Å². The van der Waals surface area contributed by atoms with Gasteiger partial charge in [-0.15, -0.1) is 0 Å². The van der Waals surface area contributed by atoms with E-state index in [1.807, 2.05) is 79.7 Å². The molecule has 340 valence electrons. The number of esters is 4. The molecule has 0 aromatic carbocycles. The van der Waals surface area contributed by atoms with E-state index >= 15 is 0 Å². The fourth-order valence-electron chi connectivity index (χ4n) is 10.8. The maximum absolute atomic E-state index is 14.8. The molecular weight excluding hydrogens is 795 g/mol. The van der Waals surface area contributed by atoms with E-state index in [0.29, 0.717) is 51.4 Å². The van der Waals surface area contributed by atoms with E-state index in [2.05, 4.69) is 0 Å². The van der Waals surface area contributed by atoms with E-state index in [4.69, 9.17) is 56.5 Å². The van der Waals surface area contributed by atoms with Gasteiger partial charge in [-0.25, -0.2) is 9.59 Å². The summed E-state index contributed by atoms with van der Waals surface area (Å²) < 4.78 is 78.6. The Morgan fingerprint density at radius 3 is 1.41 bits per heavy atom.